The van der Waals surface area contributed by atoms with E-state index in [1.165, 1.54) is 75.6 Å². The second-order valence-corrected chi connectivity index (χ2v) is 8.81. The van der Waals surface area contributed by atoms with Gasteiger partial charge in [0.1, 0.15) is 11.6 Å². The second-order valence-electron chi connectivity index (χ2n) is 8.81. The van der Waals surface area contributed by atoms with Gasteiger partial charge in [-0.15, -0.1) is 13.2 Å². The van der Waals surface area contributed by atoms with Gasteiger partial charge in [-0.25, -0.2) is 4.39 Å². The zero-order valence-electron chi connectivity index (χ0n) is 18.2. The van der Waals surface area contributed by atoms with Crippen LogP contribution in [0.4, 0.5) is 17.6 Å². The Morgan fingerprint density at radius 3 is 2.10 bits per heavy atom. The summed E-state index contributed by atoms with van der Waals surface area (Å²) in [7, 11) is 0. The quantitative estimate of drug-likeness (QED) is 0.282. The zero-order chi connectivity index (χ0) is 22.3. The highest BCUT2D eigenvalue weighted by Crippen LogP contribution is 2.35. The summed E-state index contributed by atoms with van der Waals surface area (Å²) in [6.07, 6.45) is 7.79. The molecule has 0 unspecified atom stereocenters. The molecule has 1 saturated carbocycles. The van der Waals surface area contributed by atoms with Crippen LogP contribution in [0.3, 0.4) is 0 Å². The summed E-state index contributed by atoms with van der Waals surface area (Å²) >= 11 is 0. The molecule has 0 bridgehead atoms. The minimum absolute atomic E-state index is 0.312. The molecular formula is C26H32F4O. The third-order valence-electron chi connectivity index (χ3n) is 6.46. The first-order valence-corrected chi connectivity index (χ1v) is 11.5. The van der Waals surface area contributed by atoms with Crippen LogP contribution in [0.1, 0.15) is 70.3 Å². The first-order valence-electron chi connectivity index (χ1n) is 11.5. The van der Waals surface area contributed by atoms with Crippen molar-refractivity contribution < 1.29 is 22.3 Å². The molecule has 31 heavy (non-hydrogen) atoms. The number of ether oxygens (including phenoxy) is 1. The number of hydrogen-bond acceptors (Lipinski definition) is 1. The van der Waals surface area contributed by atoms with Crippen LogP contribution in [-0.4, -0.2) is 6.36 Å². The van der Waals surface area contributed by atoms with Gasteiger partial charge in [-0.05, 0) is 54.0 Å². The lowest BCUT2D eigenvalue weighted by atomic mass is 9.78. The summed E-state index contributed by atoms with van der Waals surface area (Å²) in [5.74, 6) is 0.966. The molecule has 0 radical (unpaired) electrons. The molecule has 1 nitrogen and oxygen atoms in total. The van der Waals surface area contributed by atoms with Crippen LogP contribution < -0.4 is 4.74 Å². The molecule has 1 aliphatic rings. The molecule has 0 saturated heterocycles. The van der Waals surface area contributed by atoms with E-state index in [9.17, 15) is 17.6 Å². The molecule has 0 amide bonds. The monoisotopic (exact) mass is 436 g/mol. The molecule has 1 aliphatic carbocycles. The topological polar surface area (TPSA) is 9.23 Å². The molecule has 0 aliphatic heterocycles. The summed E-state index contributed by atoms with van der Waals surface area (Å²) in [4.78, 5) is 0. The predicted molar refractivity (Wildman–Crippen MR) is 116 cm³/mol. The summed E-state index contributed by atoms with van der Waals surface area (Å²) in [5, 5.41) is 0. The summed E-state index contributed by atoms with van der Waals surface area (Å²) in [5.41, 5.74) is 1.89. The van der Waals surface area contributed by atoms with E-state index in [1.807, 2.05) is 6.07 Å². The molecule has 3 rings (SSSR count). The van der Waals surface area contributed by atoms with E-state index < -0.39 is 6.36 Å². The Hall–Kier alpha value is -2.04. The second kappa shape index (κ2) is 11.0. The Morgan fingerprint density at radius 2 is 1.52 bits per heavy atom. The van der Waals surface area contributed by atoms with Gasteiger partial charge in [0.2, 0.25) is 0 Å². The number of halogens is 4. The Labute approximate surface area is 182 Å². The molecule has 0 atom stereocenters. The maximum absolute atomic E-state index is 14.7. The van der Waals surface area contributed by atoms with Crippen molar-refractivity contribution in [2.75, 3.05) is 0 Å². The normalized spacial score (nSPS) is 19.4. The number of rotatable bonds is 9. The van der Waals surface area contributed by atoms with Crippen molar-refractivity contribution in [1.29, 1.82) is 0 Å². The van der Waals surface area contributed by atoms with Crippen molar-refractivity contribution >= 4 is 0 Å². The fraction of sp³-hybridized carbons (Fsp3) is 0.538. The number of unbranched alkanes of at least 4 members (excludes halogenated alkanes) is 2. The van der Waals surface area contributed by atoms with Gasteiger partial charge in [-0.3, -0.25) is 0 Å². The third-order valence-corrected chi connectivity index (χ3v) is 6.46. The maximum Gasteiger partial charge on any atom is 0.573 e. The molecular weight excluding hydrogens is 404 g/mol. The molecule has 0 spiro atoms. The molecule has 0 N–H and O–H groups in total. The molecule has 0 aromatic heterocycles. The molecule has 170 valence electrons. The molecule has 2 aromatic rings. The van der Waals surface area contributed by atoms with Crippen molar-refractivity contribution in [1.82, 2.24) is 0 Å². The van der Waals surface area contributed by atoms with E-state index >= 15 is 0 Å². The number of alkyl halides is 3. The molecule has 2 aromatic carbocycles. The fourth-order valence-electron chi connectivity index (χ4n) is 4.65. The minimum Gasteiger partial charge on any atom is -0.406 e. The highest BCUT2D eigenvalue weighted by Gasteiger charge is 2.31. The van der Waals surface area contributed by atoms with Crippen LogP contribution in [0.2, 0.25) is 0 Å². The van der Waals surface area contributed by atoms with Crippen molar-refractivity contribution in [3.63, 3.8) is 0 Å². The van der Waals surface area contributed by atoms with Gasteiger partial charge in [0.25, 0.3) is 0 Å². The average Bonchev–Trinajstić information content (AvgIpc) is 2.73. The summed E-state index contributed by atoms with van der Waals surface area (Å²) < 4.78 is 55.4. The van der Waals surface area contributed by atoms with Gasteiger partial charge < -0.3 is 4.74 Å². The standard InChI is InChI=1S/C26H32F4O/c1-2-3-4-5-19-6-8-20(9-7-19)10-11-21-12-17-24(25(27)18-21)22-13-15-23(16-14-22)31-26(28,29)30/h12-20H,2-11H2,1H3/t19-,20-. The minimum atomic E-state index is -4.73. The first-order chi connectivity index (χ1) is 14.8. The van der Waals surface area contributed by atoms with Gasteiger partial charge in [0, 0.05) is 5.56 Å². The number of hydrogen-bond donors (Lipinski definition) is 0. The van der Waals surface area contributed by atoms with Gasteiger partial charge in [0.05, 0.1) is 0 Å². The highest BCUT2D eigenvalue weighted by molar-refractivity contribution is 5.65. The SMILES string of the molecule is CCCCC[C@H]1CC[C@H](CCc2ccc(-c3ccc(OC(F)(F)F)cc3)c(F)c2)CC1. The third kappa shape index (κ3) is 7.55. The van der Waals surface area contributed by atoms with Crippen LogP contribution in [0, 0.1) is 17.7 Å². The van der Waals surface area contributed by atoms with E-state index in [1.54, 1.807) is 12.1 Å². The summed E-state index contributed by atoms with van der Waals surface area (Å²) in [6, 6.07) is 10.5. The van der Waals surface area contributed by atoms with E-state index in [2.05, 4.69) is 11.7 Å². The lowest BCUT2D eigenvalue weighted by Gasteiger charge is -2.28. The Morgan fingerprint density at radius 1 is 0.871 bits per heavy atom. The molecule has 5 heteroatoms. The van der Waals surface area contributed by atoms with Gasteiger partial charge in [-0.2, -0.15) is 0 Å². The van der Waals surface area contributed by atoms with Gasteiger partial charge >= 0.3 is 6.36 Å². The number of aryl methyl sites for hydroxylation is 1. The maximum atomic E-state index is 14.7. The van der Waals surface area contributed by atoms with Crippen molar-refractivity contribution in [2.24, 2.45) is 11.8 Å². The van der Waals surface area contributed by atoms with E-state index in [-0.39, 0.29) is 11.6 Å². The first kappa shape index (κ1) is 23.6. The van der Waals surface area contributed by atoms with Crippen LogP contribution in [0.5, 0.6) is 5.75 Å². The van der Waals surface area contributed by atoms with Gasteiger partial charge in [0.15, 0.2) is 0 Å². The van der Waals surface area contributed by atoms with E-state index in [0.717, 1.165) is 30.2 Å². The van der Waals surface area contributed by atoms with Crippen LogP contribution in [0.25, 0.3) is 11.1 Å². The molecule has 1 fully saturated rings. The lowest BCUT2D eigenvalue weighted by Crippen LogP contribution is -2.16. The van der Waals surface area contributed by atoms with Crippen LogP contribution in [0.15, 0.2) is 42.5 Å². The Balaban J connectivity index is 1.50. The molecule has 0 heterocycles. The predicted octanol–water partition coefficient (Wildman–Crippen LogP) is 8.71. The fourth-order valence-corrected chi connectivity index (χ4v) is 4.65. The smallest absolute Gasteiger partial charge is 0.406 e. The average molecular weight is 437 g/mol. The summed E-state index contributed by atoms with van der Waals surface area (Å²) in [6.45, 7) is 2.25. The van der Waals surface area contributed by atoms with Crippen molar-refractivity contribution in [3.8, 4) is 16.9 Å². The van der Waals surface area contributed by atoms with Gasteiger partial charge in [-0.1, -0.05) is 82.6 Å². The van der Waals surface area contributed by atoms with Crippen LogP contribution in [-0.2, 0) is 6.42 Å². The van der Waals surface area contributed by atoms with Crippen LogP contribution >= 0.6 is 0 Å². The lowest BCUT2D eigenvalue weighted by molar-refractivity contribution is -0.274. The number of benzene rings is 2. The largest absolute Gasteiger partial charge is 0.573 e. The Kier molecular flexibility index (Phi) is 8.39. The van der Waals surface area contributed by atoms with E-state index in [4.69, 9.17) is 0 Å². The van der Waals surface area contributed by atoms with E-state index in [0.29, 0.717) is 11.1 Å². The van der Waals surface area contributed by atoms with Crippen molar-refractivity contribution in [2.45, 2.75) is 77.5 Å². The Bertz CT molecular complexity index is 805. The van der Waals surface area contributed by atoms with Crippen molar-refractivity contribution in [3.05, 3.63) is 53.8 Å². The zero-order valence-corrected chi connectivity index (χ0v) is 18.2. The highest BCUT2D eigenvalue weighted by atomic mass is 19.4.